The lowest BCUT2D eigenvalue weighted by Gasteiger charge is -2.57. The Hall–Kier alpha value is -0.780. The Bertz CT molecular complexity index is 382. The van der Waals surface area contributed by atoms with Crippen LogP contribution in [0.25, 0.3) is 0 Å². The third kappa shape index (κ3) is 1.90. The molecule has 0 heterocycles. The number of hydrogen-bond acceptors (Lipinski definition) is 0. The van der Waals surface area contributed by atoms with Gasteiger partial charge in [-0.1, -0.05) is 30.3 Å². The summed E-state index contributed by atoms with van der Waals surface area (Å²) >= 11 is 0. The average molecular weight is 240 g/mol. The number of benzene rings is 1. The third-order valence-corrected chi connectivity index (χ3v) is 5.95. The van der Waals surface area contributed by atoms with E-state index in [0.29, 0.717) is 0 Å². The van der Waals surface area contributed by atoms with E-state index in [2.05, 4.69) is 30.3 Å². The average Bonchev–Trinajstić information content (AvgIpc) is 2.36. The van der Waals surface area contributed by atoms with Crippen molar-refractivity contribution in [2.45, 2.75) is 51.4 Å². The molecule has 0 nitrogen and oxygen atoms in total. The fourth-order valence-electron chi connectivity index (χ4n) is 5.65. The lowest BCUT2D eigenvalue weighted by molar-refractivity contribution is -0.0569. The molecule has 4 fully saturated rings. The van der Waals surface area contributed by atoms with E-state index < -0.39 is 0 Å². The Balaban J connectivity index is 1.48. The predicted octanol–water partition coefficient (Wildman–Crippen LogP) is 4.84. The van der Waals surface area contributed by atoms with Crippen molar-refractivity contribution in [3.8, 4) is 0 Å². The van der Waals surface area contributed by atoms with E-state index in [4.69, 9.17) is 0 Å². The molecule has 0 amide bonds. The number of hydrogen-bond donors (Lipinski definition) is 0. The maximum absolute atomic E-state index is 2.31. The molecule has 0 aromatic heterocycles. The topological polar surface area (TPSA) is 0 Å². The first kappa shape index (κ1) is 11.1. The molecule has 0 spiro atoms. The van der Waals surface area contributed by atoms with Crippen LogP contribution in [0.2, 0.25) is 0 Å². The molecule has 0 N–H and O–H groups in total. The van der Waals surface area contributed by atoms with Gasteiger partial charge in [-0.3, -0.25) is 0 Å². The van der Waals surface area contributed by atoms with Crippen LogP contribution in [-0.4, -0.2) is 0 Å². The van der Waals surface area contributed by atoms with Gasteiger partial charge in [0, 0.05) is 0 Å². The monoisotopic (exact) mass is 240 g/mol. The van der Waals surface area contributed by atoms with Crippen LogP contribution in [0.4, 0.5) is 0 Å². The van der Waals surface area contributed by atoms with Crippen molar-refractivity contribution in [3.63, 3.8) is 0 Å². The lowest BCUT2D eigenvalue weighted by Crippen LogP contribution is -2.46. The van der Waals surface area contributed by atoms with Gasteiger partial charge in [0.25, 0.3) is 0 Å². The van der Waals surface area contributed by atoms with E-state index in [1.54, 1.807) is 44.1 Å². The molecule has 1 aromatic rings. The highest BCUT2D eigenvalue weighted by Gasteiger charge is 2.50. The van der Waals surface area contributed by atoms with Crippen LogP contribution >= 0.6 is 0 Å². The quantitative estimate of drug-likeness (QED) is 0.709. The zero-order valence-electron chi connectivity index (χ0n) is 11.3. The first-order valence-electron chi connectivity index (χ1n) is 7.85. The van der Waals surface area contributed by atoms with Crippen molar-refractivity contribution in [1.29, 1.82) is 0 Å². The van der Waals surface area contributed by atoms with Crippen molar-refractivity contribution in [1.82, 2.24) is 0 Å². The highest BCUT2D eigenvalue weighted by molar-refractivity contribution is 5.15. The Morgan fingerprint density at radius 3 is 1.94 bits per heavy atom. The van der Waals surface area contributed by atoms with Gasteiger partial charge in [-0.15, -0.1) is 0 Å². The maximum Gasteiger partial charge on any atom is -0.0274 e. The SMILES string of the molecule is c1ccc(CCC23CC4CC(CC(C4)C2)C3)cc1. The van der Waals surface area contributed by atoms with Gasteiger partial charge in [0.05, 0.1) is 0 Å². The minimum atomic E-state index is 0.755. The highest BCUT2D eigenvalue weighted by Crippen LogP contribution is 2.61. The Morgan fingerprint density at radius 2 is 1.39 bits per heavy atom. The molecular weight excluding hydrogens is 216 g/mol. The van der Waals surface area contributed by atoms with Gasteiger partial charge < -0.3 is 0 Å². The van der Waals surface area contributed by atoms with E-state index in [9.17, 15) is 0 Å². The summed E-state index contributed by atoms with van der Waals surface area (Å²) in [7, 11) is 0. The van der Waals surface area contributed by atoms with E-state index in [1.165, 1.54) is 12.8 Å². The van der Waals surface area contributed by atoms with Crippen LogP contribution in [0.15, 0.2) is 30.3 Å². The molecule has 0 aliphatic heterocycles. The van der Waals surface area contributed by atoms with Gasteiger partial charge in [0.1, 0.15) is 0 Å². The molecule has 4 aliphatic rings. The van der Waals surface area contributed by atoms with E-state index in [0.717, 1.165) is 23.2 Å². The second-order valence-corrected chi connectivity index (χ2v) is 7.40. The van der Waals surface area contributed by atoms with Gasteiger partial charge >= 0.3 is 0 Å². The molecule has 0 saturated heterocycles. The molecule has 0 radical (unpaired) electrons. The van der Waals surface area contributed by atoms with Crippen LogP contribution in [-0.2, 0) is 6.42 Å². The van der Waals surface area contributed by atoms with Crippen LogP contribution in [0, 0.1) is 23.2 Å². The van der Waals surface area contributed by atoms with E-state index >= 15 is 0 Å². The fourth-order valence-corrected chi connectivity index (χ4v) is 5.65. The number of rotatable bonds is 3. The van der Waals surface area contributed by atoms with Crippen molar-refractivity contribution in [3.05, 3.63) is 35.9 Å². The van der Waals surface area contributed by atoms with Gasteiger partial charge in [-0.25, -0.2) is 0 Å². The van der Waals surface area contributed by atoms with Crippen LogP contribution in [0.1, 0.15) is 50.5 Å². The van der Waals surface area contributed by atoms with Gasteiger partial charge in [0.15, 0.2) is 0 Å². The van der Waals surface area contributed by atoms with Crippen LogP contribution < -0.4 is 0 Å². The Labute approximate surface area is 111 Å². The lowest BCUT2D eigenvalue weighted by atomic mass is 9.48. The molecule has 18 heavy (non-hydrogen) atoms. The predicted molar refractivity (Wildman–Crippen MR) is 75.4 cm³/mol. The summed E-state index contributed by atoms with van der Waals surface area (Å²) in [4.78, 5) is 0. The molecular formula is C18H24. The van der Waals surface area contributed by atoms with E-state index in [1.807, 2.05) is 0 Å². The van der Waals surface area contributed by atoms with Crippen LogP contribution in [0.3, 0.4) is 0 Å². The first-order chi connectivity index (χ1) is 8.81. The molecule has 1 aromatic carbocycles. The zero-order chi connectivity index (χ0) is 12.0. The van der Waals surface area contributed by atoms with Crippen LogP contribution in [0.5, 0.6) is 0 Å². The standard InChI is InChI=1S/C18H24/c1-2-4-14(5-3-1)6-7-18-11-15-8-16(12-18)10-17(9-15)13-18/h1-5,15-17H,6-13H2. The highest BCUT2D eigenvalue weighted by atomic mass is 14.5. The number of aryl methyl sites for hydroxylation is 1. The van der Waals surface area contributed by atoms with Gasteiger partial charge in [0.2, 0.25) is 0 Å². The molecule has 0 atom stereocenters. The van der Waals surface area contributed by atoms with Gasteiger partial charge in [-0.2, -0.15) is 0 Å². The minimum absolute atomic E-state index is 0.755. The third-order valence-electron chi connectivity index (χ3n) is 5.95. The molecule has 0 heteroatoms. The largest absolute Gasteiger partial charge is 0.0622 e. The second kappa shape index (κ2) is 4.11. The second-order valence-electron chi connectivity index (χ2n) is 7.40. The summed E-state index contributed by atoms with van der Waals surface area (Å²) in [5.74, 6) is 3.31. The van der Waals surface area contributed by atoms with Crippen molar-refractivity contribution >= 4 is 0 Å². The summed E-state index contributed by atoms with van der Waals surface area (Å²) in [6.45, 7) is 0. The van der Waals surface area contributed by atoms with Crippen molar-refractivity contribution in [2.75, 3.05) is 0 Å². The molecule has 4 bridgehead atoms. The summed E-state index contributed by atoms with van der Waals surface area (Å²) in [6, 6.07) is 11.1. The summed E-state index contributed by atoms with van der Waals surface area (Å²) in [6.07, 6.45) is 12.2. The van der Waals surface area contributed by atoms with Crippen molar-refractivity contribution in [2.24, 2.45) is 23.2 Å². The molecule has 4 aliphatic carbocycles. The molecule has 0 unspecified atom stereocenters. The normalized spacial score (nSPS) is 41.2. The Kier molecular flexibility index (Phi) is 2.53. The summed E-state index contributed by atoms with van der Waals surface area (Å²) < 4.78 is 0. The molecule has 4 saturated carbocycles. The minimum Gasteiger partial charge on any atom is -0.0622 e. The Morgan fingerprint density at radius 1 is 0.833 bits per heavy atom. The van der Waals surface area contributed by atoms with Gasteiger partial charge in [-0.05, 0) is 80.1 Å². The van der Waals surface area contributed by atoms with E-state index in [-0.39, 0.29) is 0 Å². The molecule has 5 rings (SSSR count). The molecule has 96 valence electrons. The summed E-state index contributed by atoms with van der Waals surface area (Å²) in [5, 5.41) is 0. The smallest absolute Gasteiger partial charge is 0.0274 e. The van der Waals surface area contributed by atoms with Crippen molar-refractivity contribution < 1.29 is 0 Å². The fraction of sp³-hybridized carbons (Fsp3) is 0.667. The maximum atomic E-state index is 2.31. The first-order valence-corrected chi connectivity index (χ1v) is 7.85. The zero-order valence-corrected chi connectivity index (χ0v) is 11.3. The summed E-state index contributed by atoms with van der Waals surface area (Å²) in [5.41, 5.74) is 2.30.